The lowest BCUT2D eigenvalue weighted by molar-refractivity contribution is -0.130. The van der Waals surface area contributed by atoms with Crippen molar-refractivity contribution < 1.29 is 13.2 Å². The highest BCUT2D eigenvalue weighted by molar-refractivity contribution is 7.91. The number of nitrogens with zero attached hydrogens (tertiary/aromatic N) is 2. The molecule has 0 aliphatic carbocycles. The highest BCUT2D eigenvalue weighted by Gasteiger charge is 2.22. The van der Waals surface area contributed by atoms with Crippen LogP contribution in [0.5, 0.6) is 0 Å². The van der Waals surface area contributed by atoms with Gasteiger partial charge in [0, 0.05) is 44.2 Å². The normalized spacial score (nSPS) is 15.9. The molecule has 1 fully saturated rings. The highest BCUT2D eigenvalue weighted by atomic mass is 35.5. The monoisotopic (exact) mass is 434 g/mol. The van der Waals surface area contributed by atoms with E-state index in [0.29, 0.717) is 13.1 Å². The zero-order chi connectivity index (χ0) is 20.9. The topological polar surface area (TPSA) is 57.7 Å². The highest BCUT2D eigenvalue weighted by Crippen LogP contribution is 2.16. The number of benzene rings is 2. The lowest BCUT2D eigenvalue weighted by atomic mass is 10.2. The minimum absolute atomic E-state index is 0.0212. The van der Waals surface area contributed by atoms with Crippen molar-refractivity contribution >= 4 is 27.3 Å². The predicted molar refractivity (Wildman–Crippen MR) is 116 cm³/mol. The van der Waals surface area contributed by atoms with E-state index < -0.39 is 9.84 Å². The van der Waals surface area contributed by atoms with Gasteiger partial charge < -0.3 is 4.90 Å². The maximum atomic E-state index is 12.6. The Morgan fingerprint density at radius 1 is 0.966 bits per heavy atom. The van der Waals surface area contributed by atoms with Crippen molar-refractivity contribution in [1.29, 1.82) is 0 Å². The second kappa shape index (κ2) is 9.74. The summed E-state index contributed by atoms with van der Waals surface area (Å²) >= 11 is 5.94. The summed E-state index contributed by atoms with van der Waals surface area (Å²) in [5, 5.41) is 0.724. The van der Waals surface area contributed by atoms with Gasteiger partial charge in [-0.1, -0.05) is 41.4 Å². The molecule has 1 aliphatic heterocycles. The average Bonchev–Trinajstić information content (AvgIpc) is 2.94. The molecule has 0 N–H and O–H groups in total. The number of sulfone groups is 1. The van der Waals surface area contributed by atoms with E-state index in [0.717, 1.165) is 36.6 Å². The first-order valence-corrected chi connectivity index (χ1v) is 11.9. The van der Waals surface area contributed by atoms with E-state index >= 15 is 0 Å². The first-order valence-electron chi connectivity index (χ1n) is 9.87. The number of hydrogen-bond donors (Lipinski definition) is 0. The van der Waals surface area contributed by atoms with Crippen LogP contribution in [-0.4, -0.2) is 56.1 Å². The molecule has 0 bridgehead atoms. The third-order valence-corrected chi connectivity index (χ3v) is 7.21. The number of amides is 1. The minimum Gasteiger partial charge on any atom is -0.341 e. The molecule has 1 aliphatic rings. The molecule has 1 heterocycles. The second-order valence-corrected chi connectivity index (χ2v) is 10.1. The quantitative estimate of drug-likeness (QED) is 0.697. The van der Waals surface area contributed by atoms with Crippen molar-refractivity contribution in [3.8, 4) is 0 Å². The lowest BCUT2D eigenvalue weighted by Crippen LogP contribution is -2.35. The Morgan fingerprint density at radius 3 is 2.34 bits per heavy atom. The van der Waals surface area contributed by atoms with Gasteiger partial charge in [-0.3, -0.25) is 9.69 Å². The van der Waals surface area contributed by atoms with Crippen molar-refractivity contribution in [2.24, 2.45) is 0 Å². The fraction of sp³-hybridized carbons (Fsp3) is 0.409. The largest absolute Gasteiger partial charge is 0.341 e. The van der Waals surface area contributed by atoms with Crippen molar-refractivity contribution in [3.05, 3.63) is 64.7 Å². The SMILES string of the molecule is Cc1ccc(S(=O)(=O)CCC(=O)N2CCCN(Cc3ccc(Cl)cc3)CC2)cc1. The molecule has 29 heavy (non-hydrogen) atoms. The summed E-state index contributed by atoms with van der Waals surface area (Å²) in [5.74, 6) is -0.242. The molecule has 0 spiro atoms. The van der Waals surface area contributed by atoms with Crippen molar-refractivity contribution in [2.75, 3.05) is 31.9 Å². The number of halogens is 1. The molecule has 1 amide bonds. The van der Waals surface area contributed by atoms with Crippen LogP contribution in [0.4, 0.5) is 0 Å². The third kappa shape index (κ3) is 6.29. The standard InChI is InChI=1S/C22H27ClN2O3S/c1-18-3-9-21(10-4-18)29(27,28)16-11-22(26)25-13-2-12-24(14-15-25)17-19-5-7-20(23)8-6-19/h3-10H,2,11-17H2,1H3. The summed E-state index contributed by atoms with van der Waals surface area (Å²) in [4.78, 5) is 17.0. The summed E-state index contributed by atoms with van der Waals surface area (Å²) in [6, 6.07) is 14.6. The van der Waals surface area contributed by atoms with Crippen LogP contribution in [0.15, 0.2) is 53.4 Å². The van der Waals surface area contributed by atoms with Crippen LogP contribution >= 0.6 is 11.6 Å². The molecule has 0 atom stereocenters. The molecule has 5 nitrogen and oxygen atoms in total. The molecule has 1 saturated heterocycles. The fourth-order valence-corrected chi connectivity index (χ4v) is 4.83. The molecule has 3 rings (SSSR count). The van der Waals surface area contributed by atoms with Gasteiger partial charge in [-0.15, -0.1) is 0 Å². The summed E-state index contributed by atoms with van der Waals surface area (Å²) in [5.41, 5.74) is 2.20. The van der Waals surface area contributed by atoms with Crippen molar-refractivity contribution in [3.63, 3.8) is 0 Å². The van der Waals surface area contributed by atoms with Gasteiger partial charge in [0.1, 0.15) is 0 Å². The average molecular weight is 435 g/mol. The Kier molecular flexibility index (Phi) is 7.33. The van der Waals surface area contributed by atoms with Gasteiger partial charge in [-0.2, -0.15) is 0 Å². The maximum absolute atomic E-state index is 12.6. The Labute approximate surface area is 178 Å². The number of carbonyl (C=O) groups is 1. The van der Waals surface area contributed by atoms with Gasteiger partial charge in [0.15, 0.2) is 9.84 Å². The molecule has 7 heteroatoms. The third-order valence-electron chi connectivity index (χ3n) is 5.23. The number of rotatable bonds is 6. The molecular formula is C22H27ClN2O3S. The summed E-state index contributed by atoms with van der Waals surface area (Å²) in [6.07, 6.45) is 0.900. The number of aryl methyl sites for hydroxylation is 1. The fourth-order valence-electron chi connectivity index (χ4n) is 3.47. The van der Waals surface area contributed by atoms with Gasteiger partial charge in [0.2, 0.25) is 5.91 Å². The number of carbonyl (C=O) groups excluding carboxylic acids is 1. The zero-order valence-corrected chi connectivity index (χ0v) is 18.3. The van der Waals surface area contributed by atoms with Crippen LogP contribution in [0.3, 0.4) is 0 Å². The Bertz CT molecular complexity index is 928. The molecule has 0 unspecified atom stereocenters. The van der Waals surface area contributed by atoms with Crippen LogP contribution in [-0.2, 0) is 21.2 Å². The van der Waals surface area contributed by atoms with E-state index in [-0.39, 0.29) is 23.0 Å². The molecule has 0 radical (unpaired) electrons. The van der Waals surface area contributed by atoms with E-state index in [4.69, 9.17) is 11.6 Å². The Hall–Kier alpha value is -1.89. The first kappa shape index (κ1) is 21.8. The van der Waals surface area contributed by atoms with E-state index in [1.54, 1.807) is 29.2 Å². The molecule has 0 saturated carbocycles. The van der Waals surface area contributed by atoms with Crippen LogP contribution in [0, 0.1) is 6.92 Å². The summed E-state index contributed by atoms with van der Waals surface area (Å²) < 4.78 is 25.0. The summed E-state index contributed by atoms with van der Waals surface area (Å²) in [7, 11) is -3.44. The van der Waals surface area contributed by atoms with Crippen molar-refractivity contribution in [2.45, 2.75) is 31.2 Å². The van der Waals surface area contributed by atoms with E-state index in [2.05, 4.69) is 4.90 Å². The molecule has 2 aromatic carbocycles. The van der Waals surface area contributed by atoms with Gasteiger partial charge in [0.05, 0.1) is 10.6 Å². The predicted octanol–water partition coefficient (Wildman–Crippen LogP) is 3.55. The van der Waals surface area contributed by atoms with Gasteiger partial charge in [0.25, 0.3) is 0 Å². The van der Waals surface area contributed by atoms with E-state index in [1.807, 2.05) is 31.2 Å². The molecule has 156 valence electrons. The lowest BCUT2D eigenvalue weighted by Gasteiger charge is -2.22. The zero-order valence-electron chi connectivity index (χ0n) is 16.7. The van der Waals surface area contributed by atoms with Crippen LogP contribution in [0.25, 0.3) is 0 Å². The van der Waals surface area contributed by atoms with E-state index in [1.165, 1.54) is 5.56 Å². The van der Waals surface area contributed by atoms with Crippen molar-refractivity contribution in [1.82, 2.24) is 9.80 Å². The molecule has 2 aromatic rings. The smallest absolute Gasteiger partial charge is 0.223 e. The summed E-state index contributed by atoms with van der Waals surface area (Å²) in [6.45, 7) is 5.71. The van der Waals surface area contributed by atoms with Gasteiger partial charge >= 0.3 is 0 Å². The second-order valence-electron chi connectivity index (χ2n) is 7.52. The Balaban J connectivity index is 1.51. The van der Waals surface area contributed by atoms with Crippen LogP contribution < -0.4 is 0 Å². The minimum atomic E-state index is -3.44. The van der Waals surface area contributed by atoms with Gasteiger partial charge in [-0.05, 0) is 43.2 Å². The maximum Gasteiger partial charge on any atom is 0.223 e. The van der Waals surface area contributed by atoms with Crippen LogP contribution in [0.2, 0.25) is 5.02 Å². The molecule has 0 aromatic heterocycles. The molecular weight excluding hydrogens is 408 g/mol. The van der Waals surface area contributed by atoms with Gasteiger partial charge in [-0.25, -0.2) is 8.42 Å². The number of hydrogen-bond acceptors (Lipinski definition) is 4. The van der Waals surface area contributed by atoms with E-state index in [9.17, 15) is 13.2 Å². The first-order chi connectivity index (χ1) is 13.8. The van der Waals surface area contributed by atoms with Crippen LogP contribution in [0.1, 0.15) is 24.0 Å². The Morgan fingerprint density at radius 2 is 1.66 bits per heavy atom.